The van der Waals surface area contributed by atoms with Gasteiger partial charge >= 0.3 is 0 Å². The average molecular weight is 376 g/mol. The van der Waals surface area contributed by atoms with Gasteiger partial charge in [0.05, 0.1) is 0 Å². The summed E-state index contributed by atoms with van der Waals surface area (Å²) >= 11 is 0. The van der Waals surface area contributed by atoms with Crippen molar-refractivity contribution in [2.45, 2.75) is 13.8 Å². The van der Waals surface area contributed by atoms with E-state index in [0.29, 0.717) is 18.6 Å². The Balaban J connectivity index is 2.15. The molecule has 0 aliphatic carbocycles. The van der Waals surface area contributed by atoms with Crippen LogP contribution in [0.1, 0.15) is 13.8 Å². The first kappa shape index (κ1) is 19.3. The molecule has 0 atom stereocenters. The summed E-state index contributed by atoms with van der Waals surface area (Å²) in [6, 6.07) is 31.6. The fourth-order valence-electron chi connectivity index (χ4n) is 3.36. The van der Waals surface area contributed by atoms with Crippen molar-refractivity contribution in [3.8, 4) is 0 Å². The summed E-state index contributed by atoms with van der Waals surface area (Å²) in [7, 11) is -2.08. The van der Waals surface area contributed by atoms with Gasteiger partial charge in [0.1, 0.15) is 23.2 Å². The van der Waals surface area contributed by atoms with Gasteiger partial charge in [0.25, 0.3) is 5.91 Å². The fraction of sp³-hybridized carbons (Fsp3) is 0.208. The molecule has 0 fully saturated rings. The van der Waals surface area contributed by atoms with Gasteiger partial charge in [0.15, 0.2) is 6.16 Å². The molecule has 3 rings (SSSR count). The fourth-order valence-corrected chi connectivity index (χ4v) is 7.39. The lowest BCUT2D eigenvalue weighted by molar-refractivity contribution is -0.118. The highest BCUT2D eigenvalue weighted by Crippen LogP contribution is 2.54. The third-order valence-electron chi connectivity index (χ3n) is 4.68. The normalized spacial score (nSPS) is 11.4. The van der Waals surface area contributed by atoms with E-state index in [0.717, 1.165) is 0 Å². The zero-order chi connectivity index (χ0) is 19.1. The Morgan fingerprint density at radius 2 is 1.11 bits per heavy atom. The van der Waals surface area contributed by atoms with Crippen molar-refractivity contribution >= 4 is 29.1 Å². The molecule has 0 saturated carbocycles. The summed E-state index contributed by atoms with van der Waals surface area (Å²) in [5.74, 6) is 0.556. The largest absolute Gasteiger partial charge is 0.353 e. The Morgan fingerprint density at radius 3 is 1.44 bits per heavy atom. The Labute approximate surface area is 163 Å². The van der Waals surface area contributed by atoms with Crippen LogP contribution in [0.25, 0.3) is 0 Å². The topological polar surface area (TPSA) is 29.1 Å². The molecule has 27 heavy (non-hydrogen) atoms. The minimum absolute atomic E-state index is 0.119. The predicted molar refractivity (Wildman–Crippen MR) is 118 cm³/mol. The monoisotopic (exact) mass is 376 g/mol. The number of amides is 1. The Hall–Kier alpha value is -2.44. The summed E-state index contributed by atoms with van der Waals surface area (Å²) in [5, 5.41) is 6.85. The lowest BCUT2D eigenvalue weighted by Crippen LogP contribution is -2.40. The summed E-state index contributed by atoms with van der Waals surface area (Å²) in [6.45, 7) is 4.94. The van der Waals surface area contributed by atoms with E-state index in [4.69, 9.17) is 0 Å². The van der Waals surface area contributed by atoms with Gasteiger partial charge in [-0.1, -0.05) is 68.4 Å². The molecule has 0 aliphatic rings. The van der Waals surface area contributed by atoms with Crippen LogP contribution in [0.5, 0.6) is 0 Å². The molecule has 1 amide bonds. The summed E-state index contributed by atoms with van der Waals surface area (Å²) < 4.78 is 0. The molecule has 0 bridgehead atoms. The van der Waals surface area contributed by atoms with Gasteiger partial charge < -0.3 is 5.32 Å². The molecule has 0 radical (unpaired) electrons. The standard InChI is InChI=1S/C24H26NOP/c1-20(2)18-25-24(26)19-27(21-12-6-3-7-13-21,22-14-8-4-9-15-22)23-16-10-5-11-17-23/h3-17,20H,18-19H2,1-2H3/p+1. The first-order valence-electron chi connectivity index (χ1n) is 9.44. The molecule has 0 aliphatic heterocycles. The zero-order valence-electron chi connectivity index (χ0n) is 16.0. The van der Waals surface area contributed by atoms with E-state index in [1.165, 1.54) is 15.9 Å². The average Bonchev–Trinajstić information content (AvgIpc) is 2.72. The van der Waals surface area contributed by atoms with Crippen LogP contribution < -0.4 is 21.2 Å². The molecule has 0 unspecified atom stereocenters. The van der Waals surface area contributed by atoms with Gasteiger partial charge in [-0.05, 0) is 42.3 Å². The number of carbonyl (C=O) groups excluding carboxylic acids is 1. The second kappa shape index (κ2) is 8.97. The molecule has 0 aromatic heterocycles. The van der Waals surface area contributed by atoms with Crippen molar-refractivity contribution < 1.29 is 4.79 Å². The van der Waals surface area contributed by atoms with Crippen LogP contribution in [-0.4, -0.2) is 18.6 Å². The van der Waals surface area contributed by atoms with Crippen LogP contribution in [-0.2, 0) is 4.79 Å². The van der Waals surface area contributed by atoms with E-state index in [1.54, 1.807) is 0 Å². The Morgan fingerprint density at radius 1 is 0.741 bits per heavy atom. The number of carbonyl (C=O) groups is 1. The second-order valence-corrected chi connectivity index (χ2v) is 10.7. The second-order valence-electron chi connectivity index (χ2n) is 7.17. The van der Waals surface area contributed by atoms with Crippen molar-refractivity contribution in [3.05, 3.63) is 91.0 Å². The third kappa shape index (κ3) is 4.46. The van der Waals surface area contributed by atoms with Gasteiger partial charge in [0, 0.05) is 6.54 Å². The van der Waals surface area contributed by atoms with Crippen molar-refractivity contribution in [1.29, 1.82) is 0 Å². The van der Waals surface area contributed by atoms with E-state index >= 15 is 0 Å². The highest BCUT2D eigenvalue weighted by molar-refractivity contribution is 7.96. The lowest BCUT2D eigenvalue weighted by Gasteiger charge is -2.27. The predicted octanol–water partition coefficient (Wildman–Crippen LogP) is 3.75. The van der Waals surface area contributed by atoms with Crippen LogP contribution in [0, 0.1) is 5.92 Å². The molecule has 1 N–H and O–H groups in total. The maximum absolute atomic E-state index is 13.0. The van der Waals surface area contributed by atoms with Crippen LogP contribution in [0.3, 0.4) is 0 Å². The third-order valence-corrected chi connectivity index (χ3v) is 8.98. The van der Waals surface area contributed by atoms with Crippen molar-refractivity contribution in [2.75, 3.05) is 12.7 Å². The Kier molecular flexibility index (Phi) is 6.42. The molecule has 0 heterocycles. The summed E-state index contributed by atoms with van der Waals surface area (Å²) in [5.41, 5.74) is 0. The van der Waals surface area contributed by atoms with E-state index in [2.05, 4.69) is 92.0 Å². The number of hydrogen-bond acceptors (Lipinski definition) is 1. The van der Waals surface area contributed by atoms with Crippen molar-refractivity contribution in [1.82, 2.24) is 5.32 Å². The SMILES string of the molecule is CC(C)CNC(=O)C[P+](c1ccccc1)(c1ccccc1)c1ccccc1. The van der Waals surface area contributed by atoms with Crippen LogP contribution in [0.15, 0.2) is 91.0 Å². The lowest BCUT2D eigenvalue weighted by atomic mass is 10.2. The number of nitrogens with one attached hydrogen (secondary N) is 1. The molecule has 0 saturated heterocycles. The van der Waals surface area contributed by atoms with E-state index in [-0.39, 0.29) is 5.91 Å². The molecular formula is C24H27NOP+. The van der Waals surface area contributed by atoms with Gasteiger partial charge in [0.2, 0.25) is 0 Å². The molecule has 3 heteroatoms. The van der Waals surface area contributed by atoms with Crippen LogP contribution >= 0.6 is 7.26 Å². The maximum Gasteiger partial charge on any atom is 0.258 e. The highest BCUT2D eigenvalue weighted by atomic mass is 31.2. The molecular weight excluding hydrogens is 349 g/mol. The van der Waals surface area contributed by atoms with Crippen molar-refractivity contribution in [3.63, 3.8) is 0 Å². The summed E-state index contributed by atoms with van der Waals surface area (Å²) in [4.78, 5) is 13.0. The Bertz CT molecular complexity index is 751. The van der Waals surface area contributed by atoms with Crippen LogP contribution in [0.2, 0.25) is 0 Å². The van der Waals surface area contributed by atoms with E-state index < -0.39 is 7.26 Å². The van der Waals surface area contributed by atoms with Gasteiger partial charge in [-0.25, -0.2) is 0 Å². The summed E-state index contributed by atoms with van der Waals surface area (Å²) in [6.07, 6.45) is 0.484. The molecule has 2 nitrogen and oxygen atoms in total. The minimum Gasteiger partial charge on any atom is -0.353 e. The molecule has 3 aromatic rings. The quantitative estimate of drug-likeness (QED) is 0.625. The number of benzene rings is 3. The number of rotatable bonds is 7. The molecule has 0 spiro atoms. The van der Waals surface area contributed by atoms with Gasteiger partial charge in [-0.15, -0.1) is 0 Å². The minimum atomic E-state index is -2.08. The van der Waals surface area contributed by atoms with Crippen molar-refractivity contribution in [2.24, 2.45) is 5.92 Å². The number of hydrogen-bond donors (Lipinski definition) is 1. The molecule has 138 valence electrons. The first-order chi connectivity index (χ1) is 13.1. The van der Waals surface area contributed by atoms with Crippen LogP contribution in [0.4, 0.5) is 0 Å². The molecule has 3 aromatic carbocycles. The first-order valence-corrected chi connectivity index (χ1v) is 11.4. The van der Waals surface area contributed by atoms with E-state index in [9.17, 15) is 4.79 Å². The smallest absolute Gasteiger partial charge is 0.258 e. The zero-order valence-corrected chi connectivity index (χ0v) is 16.9. The van der Waals surface area contributed by atoms with Gasteiger partial charge in [-0.2, -0.15) is 0 Å². The van der Waals surface area contributed by atoms with Gasteiger partial charge in [-0.3, -0.25) is 4.79 Å². The highest BCUT2D eigenvalue weighted by Gasteiger charge is 2.47. The maximum atomic E-state index is 13.0. The van der Waals surface area contributed by atoms with E-state index in [1.807, 2.05) is 18.2 Å².